The largest absolute Gasteiger partial charge is 0.474 e. The number of ether oxygens (including phenoxy) is 1. The third-order valence-corrected chi connectivity index (χ3v) is 6.64. The molecule has 0 spiro atoms. The first kappa shape index (κ1) is 22.8. The molecule has 1 aliphatic carbocycles. The molecule has 3 aromatic rings. The van der Waals surface area contributed by atoms with Gasteiger partial charge in [-0.1, -0.05) is 0 Å². The molecule has 1 saturated carbocycles. The maximum atomic E-state index is 15.3. The molecule has 2 amide bonds. The van der Waals surface area contributed by atoms with Gasteiger partial charge in [0.15, 0.2) is 5.82 Å². The Morgan fingerprint density at radius 1 is 1.26 bits per heavy atom. The molecule has 0 bridgehead atoms. The van der Waals surface area contributed by atoms with Gasteiger partial charge in [0.2, 0.25) is 17.7 Å². The van der Waals surface area contributed by atoms with E-state index >= 15 is 4.39 Å². The van der Waals surface area contributed by atoms with Crippen LogP contribution in [0.3, 0.4) is 0 Å². The van der Waals surface area contributed by atoms with Crippen molar-refractivity contribution in [3.05, 3.63) is 35.9 Å². The van der Waals surface area contributed by atoms with Crippen molar-refractivity contribution >= 4 is 39.8 Å². The molecular weight excluding hydrogens is 451 g/mol. The molecule has 2 aromatic heterocycles. The van der Waals surface area contributed by atoms with E-state index in [4.69, 9.17) is 10.5 Å². The van der Waals surface area contributed by atoms with Gasteiger partial charge in [-0.25, -0.2) is 14.4 Å². The van der Waals surface area contributed by atoms with E-state index in [1.165, 1.54) is 13.1 Å². The number of nitrogens with zero attached hydrogens (tertiary/aromatic N) is 2. The van der Waals surface area contributed by atoms with Crippen molar-refractivity contribution < 1.29 is 18.7 Å². The first-order chi connectivity index (χ1) is 16.8. The number of amides is 2. The Balaban J connectivity index is 1.40. The fraction of sp³-hybridized carbons (Fsp3) is 0.360. The number of nitrogens with two attached hydrogens (primary N) is 1. The zero-order valence-corrected chi connectivity index (χ0v) is 19.6. The van der Waals surface area contributed by atoms with Crippen molar-refractivity contribution in [3.8, 4) is 17.0 Å². The van der Waals surface area contributed by atoms with Gasteiger partial charge in [0.25, 0.3) is 0 Å². The zero-order valence-electron chi connectivity index (χ0n) is 19.6. The summed E-state index contributed by atoms with van der Waals surface area (Å²) >= 11 is 0. The average Bonchev–Trinajstić information content (AvgIpc) is 3.61. The van der Waals surface area contributed by atoms with Gasteiger partial charge in [-0.05, 0) is 48.8 Å². The summed E-state index contributed by atoms with van der Waals surface area (Å²) in [5.74, 6) is 0.287. The minimum Gasteiger partial charge on any atom is -0.474 e. The average molecular weight is 479 g/mol. The molecule has 5 rings (SSSR count). The van der Waals surface area contributed by atoms with Gasteiger partial charge < -0.3 is 26.4 Å². The third kappa shape index (κ3) is 4.43. The summed E-state index contributed by atoms with van der Waals surface area (Å²) in [5.41, 5.74) is 8.62. The maximum absolute atomic E-state index is 15.3. The van der Waals surface area contributed by atoms with Crippen molar-refractivity contribution in [2.45, 2.75) is 26.7 Å². The lowest BCUT2D eigenvalue weighted by Gasteiger charge is -2.22. The predicted octanol–water partition coefficient (Wildman–Crippen LogP) is 3.23. The quantitative estimate of drug-likeness (QED) is 0.400. The Morgan fingerprint density at radius 2 is 2.09 bits per heavy atom. The number of aromatic nitrogens is 2. The van der Waals surface area contributed by atoms with E-state index in [1.54, 1.807) is 18.3 Å². The maximum Gasteiger partial charge on any atom is 0.237 e. The number of carbonyl (C=O) groups is 2. The third-order valence-electron chi connectivity index (χ3n) is 6.64. The number of hydrogen-bond acceptors (Lipinski definition) is 7. The van der Waals surface area contributed by atoms with Crippen LogP contribution in [0.15, 0.2) is 24.5 Å². The summed E-state index contributed by atoms with van der Waals surface area (Å²) in [6.07, 6.45) is 4.60. The highest BCUT2D eigenvalue weighted by Crippen LogP contribution is 2.42. The van der Waals surface area contributed by atoms with Gasteiger partial charge in [0, 0.05) is 54.8 Å². The fourth-order valence-electron chi connectivity index (χ4n) is 4.59. The first-order valence-electron chi connectivity index (χ1n) is 11.6. The Hall–Kier alpha value is -3.95. The SMILES string of the molecule is CC(=O)NCC[C@H]1C[C@H]1C(=O)Nc1cc2cc(-c3cnc4c(c3C)NCCO4)c(F)c(N)c2cn1. The minimum absolute atomic E-state index is 0.00978. The van der Waals surface area contributed by atoms with Gasteiger partial charge in [0.05, 0.1) is 5.69 Å². The Bertz CT molecular complexity index is 1340. The number of nitrogen functional groups attached to an aromatic ring is 1. The van der Waals surface area contributed by atoms with Gasteiger partial charge in [-0.2, -0.15) is 0 Å². The van der Waals surface area contributed by atoms with E-state index in [2.05, 4.69) is 25.9 Å². The summed E-state index contributed by atoms with van der Waals surface area (Å²) in [5, 5.41) is 10.00. The van der Waals surface area contributed by atoms with Crippen LogP contribution in [0.2, 0.25) is 0 Å². The molecule has 3 heterocycles. The van der Waals surface area contributed by atoms with E-state index < -0.39 is 5.82 Å². The van der Waals surface area contributed by atoms with E-state index in [9.17, 15) is 9.59 Å². The molecule has 9 nitrogen and oxygen atoms in total. The monoisotopic (exact) mass is 478 g/mol. The number of hydrogen-bond donors (Lipinski definition) is 4. The number of carbonyl (C=O) groups excluding carboxylic acids is 2. The molecule has 1 aromatic carbocycles. The second-order valence-electron chi connectivity index (χ2n) is 9.06. The van der Waals surface area contributed by atoms with Gasteiger partial charge in [-0.15, -0.1) is 0 Å². The van der Waals surface area contributed by atoms with E-state index in [0.29, 0.717) is 53.3 Å². The Labute approximate surface area is 201 Å². The zero-order chi connectivity index (χ0) is 24.7. The summed E-state index contributed by atoms with van der Waals surface area (Å²) in [7, 11) is 0. The van der Waals surface area contributed by atoms with Crippen LogP contribution in [0.1, 0.15) is 25.3 Å². The normalized spacial score (nSPS) is 18.3. The van der Waals surface area contributed by atoms with E-state index in [0.717, 1.165) is 24.1 Å². The molecule has 0 radical (unpaired) electrons. The number of benzene rings is 1. The Morgan fingerprint density at radius 3 is 2.89 bits per heavy atom. The number of rotatable bonds is 6. The van der Waals surface area contributed by atoms with Crippen LogP contribution in [-0.4, -0.2) is 41.5 Å². The summed E-state index contributed by atoms with van der Waals surface area (Å²) in [6.45, 7) is 5.08. The molecule has 35 heavy (non-hydrogen) atoms. The number of anilines is 3. The topological polar surface area (TPSA) is 131 Å². The lowest BCUT2D eigenvalue weighted by Crippen LogP contribution is -2.22. The van der Waals surface area contributed by atoms with Crippen LogP contribution in [0.25, 0.3) is 21.9 Å². The molecule has 5 N–H and O–H groups in total. The summed E-state index contributed by atoms with van der Waals surface area (Å²) in [4.78, 5) is 32.3. The van der Waals surface area contributed by atoms with Crippen LogP contribution >= 0.6 is 0 Å². The molecule has 182 valence electrons. The van der Waals surface area contributed by atoms with Gasteiger partial charge in [0.1, 0.15) is 18.1 Å². The highest BCUT2D eigenvalue weighted by Gasteiger charge is 2.42. The van der Waals surface area contributed by atoms with Crippen molar-refractivity contribution in [2.24, 2.45) is 11.8 Å². The lowest BCUT2D eigenvalue weighted by molar-refractivity contribution is -0.119. The van der Waals surface area contributed by atoms with Gasteiger partial charge >= 0.3 is 0 Å². The lowest BCUT2D eigenvalue weighted by atomic mass is 9.97. The molecule has 10 heteroatoms. The number of pyridine rings is 2. The first-order valence-corrected chi connectivity index (χ1v) is 11.6. The second-order valence-corrected chi connectivity index (χ2v) is 9.06. The second kappa shape index (κ2) is 9.01. The smallest absolute Gasteiger partial charge is 0.237 e. The van der Waals surface area contributed by atoms with Gasteiger partial charge in [-0.3, -0.25) is 9.59 Å². The number of nitrogens with one attached hydrogen (secondary N) is 3. The van der Waals surface area contributed by atoms with Crippen molar-refractivity contribution in [1.82, 2.24) is 15.3 Å². The van der Waals surface area contributed by atoms with Crippen LogP contribution in [0.4, 0.5) is 21.6 Å². The van der Waals surface area contributed by atoms with Crippen LogP contribution in [-0.2, 0) is 9.59 Å². The highest BCUT2D eigenvalue weighted by molar-refractivity contribution is 6.00. The molecule has 2 atom stereocenters. The van der Waals surface area contributed by atoms with Crippen LogP contribution < -0.4 is 26.4 Å². The summed E-state index contributed by atoms with van der Waals surface area (Å²) in [6, 6.07) is 3.40. The molecule has 2 aliphatic rings. The van der Waals surface area contributed by atoms with Crippen LogP contribution in [0, 0.1) is 24.6 Å². The Kier molecular flexibility index (Phi) is 5.88. The standard InChI is InChI=1S/C25H27FN6O3/c1-12-18(10-31-25-23(12)29-5-6-35-25)17-8-15-9-20(30-11-19(15)22(27)21(17)26)32-24(34)16-7-14(16)3-4-28-13(2)33/h8-11,14,16,29H,3-7,27H2,1-2H3,(H,28,33)(H,30,32,34)/t14-,16+/m0/s1. The highest BCUT2D eigenvalue weighted by atomic mass is 19.1. The van der Waals surface area contributed by atoms with Crippen molar-refractivity contribution in [1.29, 1.82) is 0 Å². The molecular formula is C25H27FN6O3. The molecule has 1 aliphatic heterocycles. The van der Waals surface area contributed by atoms with E-state index in [-0.39, 0.29) is 29.3 Å². The van der Waals surface area contributed by atoms with Crippen LogP contribution in [0.5, 0.6) is 5.88 Å². The van der Waals surface area contributed by atoms with Crippen molar-refractivity contribution in [2.75, 3.05) is 36.1 Å². The predicted molar refractivity (Wildman–Crippen MR) is 132 cm³/mol. The molecule has 1 fully saturated rings. The molecule has 0 unspecified atom stereocenters. The van der Waals surface area contributed by atoms with Crippen molar-refractivity contribution in [3.63, 3.8) is 0 Å². The number of halogens is 1. The fourth-order valence-corrected chi connectivity index (χ4v) is 4.59. The number of fused-ring (bicyclic) bond motifs is 2. The molecule has 0 saturated heterocycles. The summed E-state index contributed by atoms with van der Waals surface area (Å²) < 4.78 is 20.9. The minimum atomic E-state index is -0.544. The van der Waals surface area contributed by atoms with E-state index in [1.807, 2.05) is 6.92 Å².